The van der Waals surface area contributed by atoms with Gasteiger partial charge < -0.3 is 19.5 Å². The van der Waals surface area contributed by atoms with Gasteiger partial charge >= 0.3 is 0 Å². The van der Waals surface area contributed by atoms with Gasteiger partial charge in [0.25, 0.3) is 5.91 Å². The van der Waals surface area contributed by atoms with Gasteiger partial charge in [-0.3, -0.25) is 4.79 Å². The molecular formula is C28H24Cl2N2O4. The molecular weight excluding hydrogens is 499 g/mol. The number of amides is 1. The number of benzene rings is 3. The van der Waals surface area contributed by atoms with Gasteiger partial charge in [0, 0.05) is 10.7 Å². The Morgan fingerprint density at radius 3 is 2.42 bits per heavy atom. The predicted octanol–water partition coefficient (Wildman–Crippen LogP) is 7.08. The average Bonchev–Trinajstić information content (AvgIpc) is 2.87. The fourth-order valence-electron chi connectivity index (χ4n) is 3.11. The summed E-state index contributed by atoms with van der Waals surface area (Å²) in [5.41, 5.74) is 1.91. The highest BCUT2D eigenvalue weighted by Gasteiger charge is 2.14. The topological polar surface area (TPSA) is 80.6 Å². The lowest BCUT2D eigenvalue weighted by Gasteiger charge is -2.13. The SMILES string of the molecule is C=CCOc1c(Cl)cc(/C=C(\C#N)C(=O)Nc2ccc(OCc3ccc(Cl)cc3)cc2)cc1OCC. The van der Waals surface area contributed by atoms with Gasteiger partial charge in [0.15, 0.2) is 11.5 Å². The molecule has 0 saturated heterocycles. The Kier molecular flexibility index (Phi) is 9.82. The quantitative estimate of drug-likeness (QED) is 0.165. The maximum absolute atomic E-state index is 12.7. The molecule has 1 amide bonds. The minimum Gasteiger partial charge on any atom is -0.490 e. The Bertz CT molecular complexity index is 1280. The van der Waals surface area contributed by atoms with Gasteiger partial charge in [-0.2, -0.15) is 5.26 Å². The molecule has 1 N–H and O–H groups in total. The van der Waals surface area contributed by atoms with Crippen LogP contribution < -0.4 is 19.5 Å². The molecule has 0 spiro atoms. The number of hydrogen-bond donors (Lipinski definition) is 1. The van der Waals surface area contributed by atoms with E-state index in [-0.39, 0.29) is 12.2 Å². The predicted molar refractivity (Wildman–Crippen MR) is 143 cm³/mol. The first kappa shape index (κ1) is 26.7. The first-order chi connectivity index (χ1) is 17.4. The molecule has 0 bridgehead atoms. The normalized spacial score (nSPS) is 10.8. The van der Waals surface area contributed by atoms with Crippen LogP contribution in [0, 0.1) is 11.3 Å². The molecule has 0 saturated carbocycles. The van der Waals surface area contributed by atoms with Crippen LogP contribution in [0.4, 0.5) is 5.69 Å². The molecule has 6 nitrogen and oxygen atoms in total. The van der Waals surface area contributed by atoms with Crippen molar-refractivity contribution in [1.82, 2.24) is 0 Å². The highest BCUT2D eigenvalue weighted by molar-refractivity contribution is 6.32. The zero-order chi connectivity index (χ0) is 25.9. The molecule has 3 rings (SSSR count). The van der Waals surface area contributed by atoms with Gasteiger partial charge in [-0.1, -0.05) is 48.0 Å². The number of anilines is 1. The van der Waals surface area contributed by atoms with Crippen LogP contribution in [0.2, 0.25) is 10.0 Å². The number of nitrogens with one attached hydrogen (secondary N) is 1. The molecule has 0 aromatic heterocycles. The highest BCUT2D eigenvalue weighted by Crippen LogP contribution is 2.37. The third-order valence-electron chi connectivity index (χ3n) is 4.78. The van der Waals surface area contributed by atoms with Crippen molar-refractivity contribution in [2.75, 3.05) is 18.5 Å². The van der Waals surface area contributed by atoms with Gasteiger partial charge in [0.1, 0.15) is 30.6 Å². The van der Waals surface area contributed by atoms with Crippen LogP contribution in [-0.2, 0) is 11.4 Å². The van der Waals surface area contributed by atoms with Gasteiger partial charge in [-0.25, -0.2) is 0 Å². The number of carbonyl (C=O) groups is 1. The lowest BCUT2D eigenvalue weighted by atomic mass is 10.1. The zero-order valence-electron chi connectivity index (χ0n) is 19.6. The van der Waals surface area contributed by atoms with Crippen LogP contribution in [0.1, 0.15) is 18.1 Å². The lowest BCUT2D eigenvalue weighted by molar-refractivity contribution is -0.112. The van der Waals surface area contributed by atoms with E-state index >= 15 is 0 Å². The second kappa shape index (κ2) is 13.2. The van der Waals surface area contributed by atoms with E-state index in [4.69, 9.17) is 37.4 Å². The Labute approximate surface area is 220 Å². The Balaban J connectivity index is 1.69. The molecule has 184 valence electrons. The molecule has 0 unspecified atom stereocenters. The first-order valence-electron chi connectivity index (χ1n) is 11.0. The van der Waals surface area contributed by atoms with Crippen molar-refractivity contribution in [2.45, 2.75) is 13.5 Å². The van der Waals surface area contributed by atoms with Crippen LogP contribution in [-0.4, -0.2) is 19.1 Å². The fraction of sp³-hybridized carbons (Fsp3) is 0.143. The molecule has 36 heavy (non-hydrogen) atoms. The van der Waals surface area contributed by atoms with E-state index < -0.39 is 5.91 Å². The first-order valence-corrected chi connectivity index (χ1v) is 11.8. The third-order valence-corrected chi connectivity index (χ3v) is 5.32. The maximum atomic E-state index is 12.7. The van der Waals surface area contributed by atoms with Crippen molar-refractivity contribution < 1.29 is 19.0 Å². The van der Waals surface area contributed by atoms with Crippen molar-refractivity contribution in [3.05, 3.63) is 100 Å². The summed E-state index contributed by atoms with van der Waals surface area (Å²) >= 11 is 12.3. The van der Waals surface area contributed by atoms with E-state index in [1.54, 1.807) is 54.6 Å². The summed E-state index contributed by atoms with van der Waals surface area (Å²) in [6.07, 6.45) is 3.03. The van der Waals surface area contributed by atoms with Crippen LogP contribution in [0.25, 0.3) is 6.08 Å². The van der Waals surface area contributed by atoms with Crippen LogP contribution in [0.15, 0.2) is 78.9 Å². The van der Waals surface area contributed by atoms with Crippen molar-refractivity contribution >= 4 is 40.9 Å². The van der Waals surface area contributed by atoms with E-state index in [1.807, 2.05) is 25.1 Å². The second-order valence-electron chi connectivity index (χ2n) is 7.43. The number of carbonyl (C=O) groups excluding carboxylic acids is 1. The number of rotatable bonds is 11. The molecule has 0 radical (unpaired) electrons. The Hall–Kier alpha value is -3.92. The highest BCUT2D eigenvalue weighted by atomic mass is 35.5. The molecule has 3 aromatic rings. The molecule has 8 heteroatoms. The monoisotopic (exact) mass is 522 g/mol. The van der Waals surface area contributed by atoms with Crippen molar-refractivity contribution in [3.8, 4) is 23.3 Å². The summed E-state index contributed by atoms with van der Waals surface area (Å²) in [5, 5.41) is 13.3. The minimum absolute atomic E-state index is 0.101. The van der Waals surface area contributed by atoms with Crippen molar-refractivity contribution in [3.63, 3.8) is 0 Å². The summed E-state index contributed by atoms with van der Waals surface area (Å²) in [6.45, 7) is 6.48. The Morgan fingerprint density at radius 1 is 1.06 bits per heavy atom. The van der Waals surface area contributed by atoms with Crippen molar-refractivity contribution in [2.24, 2.45) is 0 Å². The second-order valence-corrected chi connectivity index (χ2v) is 8.27. The number of ether oxygens (including phenoxy) is 3. The third kappa shape index (κ3) is 7.54. The molecule has 3 aromatic carbocycles. The number of halogens is 2. The standard InChI is InChI=1S/C28H24Cl2N2O4/c1-3-13-35-27-25(30)15-20(16-26(27)34-4-2)14-21(17-31)28(33)32-23-9-11-24(12-10-23)36-18-19-5-7-22(29)8-6-19/h3,5-12,14-16H,1,4,13,18H2,2H3,(H,32,33)/b21-14+. The summed E-state index contributed by atoms with van der Waals surface area (Å²) in [7, 11) is 0. The number of hydrogen-bond acceptors (Lipinski definition) is 5. The maximum Gasteiger partial charge on any atom is 0.266 e. The molecule has 0 heterocycles. The zero-order valence-corrected chi connectivity index (χ0v) is 21.1. The van der Waals surface area contributed by atoms with E-state index in [0.29, 0.717) is 51.8 Å². The van der Waals surface area contributed by atoms with Gasteiger partial charge in [0.2, 0.25) is 0 Å². The summed E-state index contributed by atoms with van der Waals surface area (Å²) in [6, 6.07) is 19.4. The van der Waals surface area contributed by atoms with Gasteiger partial charge in [-0.15, -0.1) is 0 Å². The molecule has 0 atom stereocenters. The summed E-state index contributed by atoms with van der Waals surface area (Å²) < 4.78 is 17.0. The largest absolute Gasteiger partial charge is 0.490 e. The summed E-state index contributed by atoms with van der Waals surface area (Å²) in [5.74, 6) is 0.853. The van der Waals surface area contributed by atoms with Crippen LogP contribution in [0.5, 0.6) is 17.2 Å². The van der Waals surface area contributed by atoms with E-state index in [0.717, 1.165) is 5.56 Å². The van der Waals surface area contributed by atoms with Crippen LogP contribution in [0.3, 0.4) is 0 Å². The van der Waals surface area contributed by atoms with Gasteiger partial charge in [-0.05, 0) is 72.7 Å². The number of nitriles is 1. The lowest BCUT2D eigenvalue weighted by Crippen LogP contribution is -2.13. The molecule has 0 aliphatic carbocycles. The number of nitrogens with zero attached hydrogens (tertiary/aromatic N) is 1. The van der Waals surface area contributed by atoms with Crippen molar-refractivity contribution in [1.29, 1.82) is 5.26 Å². The smallest absolute Gasteiger partial charge is 0.266 e. The summed E-state index contributed by atoms with van der Waals surface area (Å²) in [4.78, 5) is 12.7. The fourth-order valence-corrected chi connectivity index (χ4v) is 3.51. The molecule has 0 aliphatic heterocycles. The van der Waals surface area contributed by atoms with Gasteiger partial charge in [0.05, 0.1) is 11.6 Å². The minimum atomic E-state index is -0.562. The molecule has 0 aliphatic rings. The van der Waals surface area contributed by atoms with E-state index in [2.05, 4.69) is 11.9 Å². The molecule has 0 fully saturated rings. The van der Waals surface area contributed by atoms with E-state index in [1.165, 1.54) is 6.08 Å². The van der Waals surface area contributed by atoms with Crippen LogP contribution >= 0.6 is 23.2 Å². The van der Waals surface area contributed by atoms with E-state index in [9.17, 15) is 10.1 Å². The average molecular weight is 523 g/mol. The Morgan fingerprint density at radius 2 is 1.78 bits per heavy atom.